The van der Waals surface area contributed by atoms with Crippen LogP contribution in [-0.4, -0.2) is 29.3 Å². The van der Waals surface area contributed by atoms with E-state index < -0.39 is 23.8 Å². The van der Waals surface area contributed by atoms with Gasteiger partial charge in [-0.15, -0.1) is 0 Å². The summed E-state index contributed by atoms with van der Waals surface area (Å²) in [6.07, 6.45) is -2.64. The normalized spacial score (nSPS) is 21.7. The minimum absolute atomic E-state index is 0.323. The summed E-state index contributed by atoms with van der Waals surface area (Å²) >= 11 is 0. The molecule has 0 radical (unpaired) electrons. The average molecular weight is 324 g/mol. The highest BCUT2D eigenvalue weighted by molar-refractivity contribution is 5.95. The topological polar surface area (TPSA) is 61.9 Å². The number of benzene rings is 1. The van der Waals surface area contributed by atoms with Crippen LogP contribution in [0.1, 0.15) is 18.9 Å². The highest BCUT2D eigenvalue weighted by Gasteiger charge is 2.38. The first-order valence-corrected chi connectivity index (χ1v) is 7.05. The Morgan fingerprint density at radius 3 is 2.52 bits per heavy atom. The molecule has 5 nitrogen and oxygen atoms in total. The molecule has 2 aliphatic heterocycles. The number of aliphatic imine (C=N–C) groups is 1. The van der Waals surface area contributed by atoms with Gasteiger partial charge in [0.1, 0.15) is 0 Å². The van der Waals surface area contributed by atoms with Gasteiger partial charge in [0.05, 0.1) is 16.8 Å². The molecule has 1 aromatic carbocycles. The third-order valence-corrected chi connectivity index (χ3v) is 3.89. The van der Waals surface area contributed by atoms with Crippen molar-refractivity contribution in [3.8, 4) is 0 Å². The van der Waals surface area contributed by atoms with Crippen molar-refractivity contribution in [1.29, 1.82) is 0 Å². The fourth-order valence-corrected chi connectivity index (χ4v) is 2.68. The average Bonchev–Trinajstić information content (AvgIpc) is 2.85. The summed E-state index contributed by atoms with van der Waals surface area (Å²) in [6, 6.07) is 4.76. The van der Waals surface area contributed by atoms with Crippen molar-refractivity contribution in [3.63, 3.8) is 0 Å². The highest BCUT2D eigenvalue weighted by Crippen LogP contribution is 2.34. The third-order valence-electron chi connectivity index (χ3n) is 3.89. The van der Waals surface area contributed by atoms with E-state index in [0.717, 1.165) is 17.8 Å². The van der Waals surface area contributed by atoms with Crippen LogP contribution >= 0.6 is 0 Å². The van der Waals surface area contributed by atoms with Gasteiger partial charge in [-0.25, -0.2) is 0 Å². The number of nitrogens with two attached hydrogens (primary N) is 1. The molecule has 2 aliphatic rings. The molecule has 8 heteroatoms. The van der Waals surface area contributed by atoms with E-state index in [2.05, 4.69) is 4.99 Å². The number of nitrogens with zero attached hydrogens (tertiary/aromatic N) is 3. The summed E-state index contributed by atoms with van der Waals surface area (Å²) in [5, 5.41) is 3.45. The van der Waals surface area contributed by atoms with E-state index in [1.807, 2.05) is 11.9 Å². The smallest absolute Gasteiger partial charge is 0.366 e. The molecule has 0 aliphatic carbocycles. The Kier molecular flexibility index (Phi) is 3.63. The lowest BCUT2D eigenvalue weighted by Crippen LogP contribution is -2.45. The number of primary amides is 1. The lowest BCUT2D eigenvalue weighted by molar-refractivity contribution is -0.137. The van der Waals surface area contributed by atoms with Crippen molar-refractivity contribution >= 4 is 17.3 Å². The van der Waals surface area contributed by atoms with Crippen LogP contribution in [0.15, 0.2) is 41.0 Å². The molecule has 122 valence electrons. The molecular weight excluding hydrogens is 309 g/mol. The zero-order valence-electron chi connectivity index (χ0n) is 12.3. The minimum atomic E-state index is -4.38. The summed E-state index contributed by atoms with van der Waals surface area (Å²) in [7, 11) is 0. The van der Waals surface area contributed by atoms with E-state index in [9.17, 15) is 18.0 Å². The van der Waals surface area contributed by atoms with Gasteiger partial charge in [-0.05, 0) is 37.6 Å². The van der Waals surface area contributed by atoms with Crippen molar-refractivity contribution < 1.29 is 18.0 Å². The van der Waals surface area contributed by atoms with Gasteiger partial charge in [0.15, 0.2) is 6.17 Å². The Balaban J connectivity index is 1.95. The third kappa shape index (κ3) is 2.81. The number of hydrogen-bond donors (Lipinski definition) is 1. The zero-order valence-corrected chi connectivity index (χ0v) is 12.3. The summed E-state index contributed by atoms with van der Waals surface area (Å²) in [5.74, 6) is -0.590. The number of alkyl halides is 3. The number of carbonyl (C=O) groups excluding carboxylic acids is 1. The van der Waals surface area contributed by atoms with Crippen LogP contribution < -0.4 is 10.7 Å². The minimum Gasteiger partial charge on any atom is -0.366 e. The van der Waals surface area contributed by atoms with Gasteiger partial charge in [0.2, 0.25) is 5.91 Å². The van der Waals surface area contributed by atoms with Crippen LogP contribution in [0, 0.1) is 0 Å². The quantitative estimate of drug-likeness (QED) is 0.908. The summed E-state index contributed by atoms with van der Waals surface area (Å²) in [6.45, 7) is 2.48. The second-order valence-electron chi connectivity index (χ2n) is 5.49. The van der Waals surface area contributed by atoms with Crippen molar-refractivity contribution in [2.45, 2.75) is 25.7 Å². The van der Waals surface area contributed by atoms with Gasteiger partial charge in [-0.3, -0.25) is 14.8 Å². The number of anilines is 1. The van der Waals surface area contributed by atoms with E-state index in [1.165, 1.54) is 18.3 Å². The van der Waals surface area contributed by atoms with E-state index in [4.69, 9.17) is 5.73 Å². The number of amides is 1. The molecule has 0 saturated carbocycles. The number of hydrazine groups is 1. The fraction of sp³-hybridized carbons (Fsp3) is 0.333. The number of fused-ring (bicyclic) bond motifs is 1. The number of carbonyl (C=O) groups is 1. The lowest BCUT2D eigenvalue weighted by Gasteiger charge is -2.35. The lowest BCUT2D eigenvalue weighted by atomic mass is 10.1. The first-order valence-electron chi connectivity index (χ1n) is 7.05. The Morgan fingerprint density at radius 1 is 1.30 bits per heavy atom. The largest absolute Gasteiger partial charge is 0.416 e. The molecule has 1 atom stereocenters. The maximum atomic E-state index is 12.7. The predicted molar refractivity (Wildman–Crippen MR) is 79.4 cm³/mol. The Morgan fingerprint density at radius 2 is 1.96 bits per heavy atom. The Bertz CT molecular complexity index is 694. The van der Waals surface area contributed by atoms with Crippen LogP contribution in [0.25, 0.3) is 0 Å². The molecule has 1 aromatic rings. The molecule has 1 amide bonds. The molecule has 0 aromatic heterocycles. The molecule has 3 rings (SSSR count). The van der Waals surface area contributed by atoms with Crippen molar-refractivity contribution in [1.82, 2.24) is 5.01 Å². The van der Waals surface area contributed by atoms with Crippen LogP contribution in [0.5, 0.6) is 0 Å². The van der Waals surface area contributed by atoms with Crippen molar-refractivity contribution in [3.05, 3.63) is 41.6 Å². The van der Waals surface area contributed by atoms with E-state index in [-0.39, 0.29) is 0 Å². The molecule has 1 unspecified atom stereocenters. The molecule has 0 fully saturated rings. The predicted octanol–water partition coefficient (Wildman–Crippen LogP) is 2.30. The number of halogens is 3. The Hall–Kier alpha value is -2.35. The fourth-order valence-electron chi connectivity index (χ4n) is 2.68. The molecule has 0 spiro atoms. The van der Waals surface area contributed by atoms with Crippen LogP contribution in [0.4, 0.5) is 18.9 Å². The SMILES string of the molecule is CC1=NC2C(C(N)=O)=CN(c3ccc(C(F)(F)F)cc3)N2CC1. The summed E-state index contributed by atoms with van der Waals surface area (Å²) in [5.41, 5.74) is 6.43. The van der Waals surface area contributed by atoms with E-state index in [0.29, 0.717) is 24.2 Å². The van der Waals surface area contributed by atoms with Crippen LogP contribution in [0.3, 0.4) is 0 Å². The van der Waals surface area contributed by atoms with E-state index >= 15 is 0 Å². The molecule has 23 heavy (non-hydrogen) atoms. The molecule has 0 saturated heterocycles. The molecular formula is C15H15F3N4O. The van der Waals surface area contributed by atoms with E-state index in [1.54, 1.807) is 5.01 Å². The number of hydrogen-bond acceptors (Lipinski definition) is 4. The second-order valence-corrected chi connectivity index (χ2v) is 5.49. The number of rotatable bonds is 2. The zero-order chi connectivity index (χ0) is 16.8. The van der Waals surface area contributed by atoms with Crippen molar-refractivity contribution in [2.75, 3.05) is 11.6 Å². The van der Waals surface area contributed by atoms with Gasteiger partial charge < -0.3 is 5.73 Å². The standard InChI is InChI=1S/C15H15F3N4O/c1-9-6-7-21-14(20-9)12(13(19)23)8-22(21)11-4-2-10(3-5-11)15(16,17)18/h2-5,8,14H,6-7H2,1H3,(H2,19,23). The second kappa shape index (κ2) is 5.38. The highest BCUT2D eigenvalue weighted by atomic mass is 19.4. The van der Waals surface area contributed by atoms with Gasteiger partial charge in [-0.2, -0.15) is 18.2 Å². The Labute approximate surface area is 130 Å². The maximum absolute atomic E-state index is 12.7. The van der Waals surface area contributed by atoms with Crippen LogP contribution in [0.2, 0.25) is 0 Å². The van der Waals surface area contributed by atoms with Gasteiger partial charge in [0.25, 0.3) is 0 Å². The monoisotopic (exact) mass is 324 g/mol. The van der Waals surface area contributed by atoms with Gasteiger partial charge in [0, 0.05) is 18.5 Å². The van der Waals surface area contributed by atoms with Crippen LogP contribution in [-0.2, 0) is 11.0 Å². The summed E-state index contributed by atoms with van der Waals surface area (Å²) < 4.78 is 38.0. The molecule has 2 heterocycles. The first kappa shape index (κ1) is 15.5. The van der Waals surface area contributed by atoms with Crippen molar-refractivity contribution in [2.24, 2.45) is 10.7 Å². The maximum Gasteiger partial charge on any atom is 0.416 e. The first-order chi connectivity index (χ1) is 10.8. The van der Waals surface area contributed by atoms with Gasteiger partial charge in [-0.1, -0.05) is 0 Å². The summed E-state index contributed by atoms with van der Waals surface area (Å²) in [4.78, 5) is 16.0. The van der Waals surface area contributed by atoms with Gasteiger partial charge >= 0.3 is 6.18 Å². The molecule has 0 bridgehead atoms. The molecule has 2 N–H and O–H groups in total.